The molecule has 0 bridgehead atoms. The van der Waals surface area contributed by atoms with E-state index in [0.29, 0.717) is 12.3 Å². The predicted molar refractivity (Wildman–Crippen MR) is 103 cm³/mol. The van der Waals surface area contributed by atoms with Crippen molar-refractivity contribution < 1.29 is 4.79 Å². The van der Waals surface area contributed by atoms with E-state index in [-0.39, 0.29) is 0 Å². The Bertz CT molecular complexity index is 532. The molecule has 2 rings (SSSR count). The van der Waals surface area contributed by atoms with Gasteiger partial charge in [0.25, 0.3) is 0 Å². The zero-order chi connectivity index (χ0) is 17.5. The number of benzene rings is 1. The second-order valence-electron chi connectivity index (χ2n) is 6.61. The number of anilines is 2. The van der Waals surface area contributed by atoms with Crippen LogP contribution in [0.1, 0.15) is 45.6 Å². The lowest BCUT2D eigenvalue weighted by Crippen LogP contribution is -2.49. The number of rotatable bonds is 7. The van der Waals surface area contributed by atoms with E-state index in [1.54, 1.807) is 0 Å². The lowest BCUT2D eigenvalue weighted by Gasteiger charge is -2.37. The van der Waals surface area contributed by atoms with Crippen molar-refractivity contribution in [3.8, 4) is 0 Å². The second kappa shape index (κ2) is 8.95. The molecule has 1 aliphatic rings. The Labute approximate surface area is 147 Å². The number of piperazine rings is 1. The van der Waals surface area contributed by atoms with Gasteiger partial charge in [0.15, 0.2) is 0 Å². The van der Waals surface area contributed by atoms with Gasteiger partial charge in [0.1, 0.15) is 0 Å². The fourth-order valence-corrected chi connectivity index (χ4v) is 3.46. The molecule has 24 heavy (non-hydrogen) atoms. The van der Waals surface area contributed by atoms with Crippen molar-refractivity contribution in [3.63, 3.8) is 0 Å². The molecule has 0 saturated carbocycles. The van der Waals surface area contributed by atoms with Gasteiger partial charge >= 0.3 is 0 Å². The van der Waals surface area contributed by atoms with Crippen LogP contribution in [0.4, 0.5) is 11.4 Å². The van der Waals surface area contributed by atoms with Crippen LogP contribution in [-0.4, -0.2) is 50.1 Å². The molecular formula is C20H33N3O. The first-order valence-corrected chi connectivity index (χ1v) is 9.49. The van der Waals surface area contributed by atoms with Crippen LogP contribution in [0.3, 0.4) is 0 Å². The SMILES string of the molecule is CCCCC(=O)N1CCN(c2ccc(N(CC)CC)cc2C)CC1. The molecule has 1 amide bonds. The van der Waals surface area contributed by atoms with Crippen LogP contribution in [0.5, 0.6) is 0 Å². The van der Waals surface area contributed by atoms with Crippen molar-refractivity contribution in [2.45, 2.75) is 47.0 Å². The van der Waals surface area contributed by atoms with E-state index in [0.717, 1.165) is 52.1 Å². The van der Waals surface area contributed by atoms with Gasteiger partial charge in [-0.3, -0.25) is 4.79 Å². The number of nitrogens with zero attached hydrogens (tertiary/aromatic N) is 3. The number of aryl methyl sites for hydroxylation is 1. The third kappa shape index (κ3) is 4.43. The summed E-state index contributed by atoms with van der Waals surface area (Å²) < 4.78 is 0. The van der Waals surface area contributed by atoms with E-state index < -0.39 is 0 Å². The Kier molecular flexibility index (Phi) is 6.95. The van der Waals surface area contributed by atoms with E-state index in [1.165, 1.54) is 16.9 Å². The number of carbonyl (C=O) groups is 1. The highest BCUT2D eigenvalue weighted by molar-refractivity contribution is 5.76. The zero-order valence-electron chi connectivity index (χ0n) is 15.8. The Morgan fingerprint density at radius 1 is 1.08 bits per heavy atom. The largest absolute Gasteiger partial charge is 0.372 e. The van der Waals surface area contributed by atoms with E-state index in [9.17, 15) is 4.79 Å². The molecule has 134 valence electrons. The van der Waals surface area contributed by atoms with Gasteiger partial charge < -0.3 is 14.7 Å². The molecule has 0 atom stereocenters. The van der Waals surface area contributed by atoms with Crippen molar-refractivity contribution in [2.24, 2.45) is 0 Å². The molecule has 1 fully saturated rings. The third-order valence-corrected chi connectivity index (χ3v) is 5.03. The zero-order valence-corrected chi connectivity index (χ0v) is 15.8. The molecule has 1 aromatic rings. The van der Waals surface area contributed by atoms with Gasteiger partial charge in [-0.2, -0.15) is 0 Å². The van der Waals surface area contributed by atoms with Crippen LogP contribution in [-0.2, 0) is 4.79 Å². The van der Waals surface area contributed by atoms with Gasteiger partial charge in [0.05, 0.1) is 0 Å². The van der Waals surface area contributed by atoms with Crippen molar-refractivity contribution in [2.75, 3.05) is 49.1 Å². The summed E-state index contributed by atoms with van der Waals surface area (Å²) in [6.45, 7) is 14.4. The molecule has 0 aromatic heterocycles. The highest BCUT2D eigenvalue weighted by atomic mass is 16.2. The predicted octanol–water partition coefficient (Wildman–Crippen LogP) is 3.68. The van der Waals surface area contributed by atoms with Crippen molar-refractivity contribution in [3.05, 3.63) is 23.8 Å². The Balaban J connectivity index is 1.98. The van der Waals surface area contributed by atoms with E-state index in [4.69, 9.17) is 0 Å². The molecule has 4 nitrogen and oxygen atoms in total. The van der Waals surface area contributed by atoms with E-state index >= 15 is 0 Å². The van der Waals surface area contributed by atoms with Crippen LogP contribution < -0.4 is 9.80 Å². The van der Waals surface area contributed by atoms with Crippen LogP contribution in [0.25, 0.3) is 0 Å². The van der Waals surface area contributed by atoms with E-state index in [2.05, 4.69) is 55.7 Å². The average Bonchev–Trinajstić information content (AvgIpc) is 2.61. The average molecular weight is 332 g/mol. The van der Waals surface area contributed by atoms with Crippen LogP contribution in [0.15, 0.2) is 18.2 Å². The van der Waals surface area contributed by atoms with Gasteiger partial charge in [0.2, 0.25) is 5.91 Å². The summed E-state index contributed by atoms with van der Waals surface area (Å²) in [5.74, 6) is 0.324. The number of unbranched alkanes of at least 4 members (excludes halogenated alkanes) is 1. The van der Waals surface area contributed by atoms with Gasteiger partial charge in [-0.25, -0.2) is 0 Å². The minimum absolute atomic E-state index is 0.324. The standard InChI is InChI=1S/C20H33N3O/c1-5-8-9-20(24)23-14-12-22(13-15-23)19-11-10-18(16-17(19)4)21(6-2)7-3/h10-11,16H,5-9,12-15H2,1-4H3. The normalized spacial score (nSPS) is 14.8. The van der Waals surface area contributed by atoms with Gasteiger partial charge in [-0.05, 0) is 51.0 Å². The maximum Gasteiger partial charge on any atom is 0.222 e. The molecule has 0 radical (unpaired) electrons. The van der Waals surface area contributed by atoms with Crippen LogP contribution in [0.2, 0.25) is 0 Å². The summed E-state index contributed by atoms with van der Waals surface area (Å²) in [6, 6.07) is 6.77. The Hall–Kier alpha value is -1.71. The smallest absolute Gasteiger partial charge is 0.222 e. The molecule has 1 aliphatic heterocycles. The lowest BCUT2D eigenvalue weighted by atomic mass is 10.1. The van der Waals surface area contributed by atoms with Gasteiger partial charge in [0, 0.05) is 57.1 Å². The van der Waals surface area contributed by atoms with Crippen LogP contribution in [0, 0.1) is 6.92 Å². The first-order chi connectivity index (χ1) is 11.6. The summed E-state index contributed by atoms with van der Waals surface area (Å²) in [5, 5.41) is 0. The number of carbonyl (C=O) groups excluding carboxylic acids is 1. The third-order valence-electron chi connectivity index (χ3n) is 5.03. The maximum atomic E-state index is 12.2. The summed E-state index contributed by atoms with van der Waals surface area (Å²) >= 11 is 0. The molecule has 1 saturated heterocycles. The quantitative estimate of drug-likeness (QED) is 0.762. The molecule has 0 spiro atoms. The first-order valence-electron chi connectivity index (χ1n) is 9.49. The molecule has 0 unspecified atom stereocenters. The molecule has 1 aromatic carbocycles. The maximum absolute atomic E-state index is 12.2. The highest BCUT2D eigenvalue weighted by Gasteiger charge is 2.21. The fourth-order valence-electron chi connectivity index (χ4n) is 3.46. The summed E-state index contributed by atoms with van der Waals surface area (Å²) in [5.41, 5.74) is 3.94. The van der Waals surface area contributed by atoms with Gasteiger partial charge in [-0.1, -0.05) is 13.3 Å². The minimum Gasteiger partial charge on any atom is -0.372 e. The van der Waals surface area contributed by atoms with Crippen molar-refractivity contribution in [1.82, 2.24) is 4.90 Å². The molecule has 4 heteroatoms. The molecule has 0 aliphatic carbocycles. The number of hydrogen-bond acceptors (Lipinski definition) is 3. The second-order valence-corrected chi connectivity index (χ2v) is 6.61. The van der Waals surface area contributed by atoms with Crippen LogP contribution >= 0.6 is 0 Å². The number of amides is 1. The molecule has 1 heterocycles. The molecule has 0 N–H and O–H groups in total. The minimum atomic E-state index is 0.324. The summed E-state index contributed by atoms with van der Waals surface area (Å²) in [6.07, 6.45) is 2.79. The van der Waals surface area contributed by atoms with E-state index in [1.807, 2.05) is 4.90 Å². The van der Waals surface area contributed by atoms with Crippen molar-refractivity contribution in [1.29, 1.82) is 0 Å². The van der Waals surface area contributed by atoms with Gasteiger partial charge in [-0.15, -0.1) is 0 Å². The Morgan fingerprint density at radius 2 is 1.75 bits per heavy atom. The lowest BCUT2D eigenvalue weighted by molar-refractivity contribution is -0.131. The summed E-state index contributed by atoms with van der Waals surface area (Å²) in [4.78, 5) is 19.0. The summed E-state index contributed by atoms with van der Waals surface area (Å²) in [7, 11) is 0. The fraction of sp³-hybridized carbons (Fsp3) is 0.650. The topological polar surface area (TPSA) is 26.8 Å². The van der Waals surface area contributed by atoms with Crippen molar-refractivity contribution >= 4 is 17.3 Å². The number of hydrogen-bond donors (Lipinski definition) is 0. The monoisotopic (exact) mass is 331 g/mol. The Morgan fingerprint density at radius 3 is 2.29 bits per heavy atom. The first kappa shape index (κ1) is 18.6. The highest BCUT2D eigenvalue weighted by Crippen LogP contribution is 2.26. The molecular weight excluding hydrogens is 298 g/mol.